The van der Waals surface area contributed by atoms with E-state index in [1.54, 1.807) is 7.11 Å². The van der Waals surface area contributed by atoms with E-state index in [-0.39, 0.29) is 6.61 Å². The Labute approximate surface area is 184 Å². The minimum atomic E-state index is -1.07. The molecule has 6 nitrogen and oxygen atoms in total. The van der Waals surface area contributed by atoms with Crippen LogP contribution in [0.1, 0.15) is 48.9 Å². The van der Waals surface area contributed by atoms with Crippen LogP contribution < -0.4 is 9.47 Å². The Balaban J connectivity index is 0.00000132. The molecule has 3 atom stereocenters. The molecule has 0 radical (unpaired) electrons. The first-order valence-corrected chi connectivity index (χ1v) is 11.0. The van der Waals surface area contributed by atoms with Gasteiger partial charge in [-0.1, -0.05) is 32.0 Å². The molecule has 2 N–H and O–H groups in total. The SMILES string of the molecule is CC.COC1(c2ccc(C)c(Cc3ccc4c(c3)OCCO4)c2)CC(O)CC(CO)O1. The molecule has 1 saturated heterocycles. The number of benzene rings is 2. The first kappa shape index (κ1) is 23.5. The van der Waals surface area contributed by atoms with Crippen molar-refractivity contribution in [2.24, 2.45) is 0 Å². The maximum absolute atomic E-state index is 10.3. The van der Waals surface area contributed by atoms with Crippen LogP contribution in [0.25, 0.3) is 0 Å². The largest absolute Gasteiger partial charge is 0.486 e. The maximum Gasteiger partial charge on any atom is 0.197 e. The summed E-state index contributed by atoms with van der Waals surface area (Å²) in [7, 11) is 1.58. The quantitative estimate of drug-likeness (QED) is 0.753. The summed E-state index contributed by atoms with van der Waals surface area (Å²) >= 11 is 0. The van der Waals surface area contributed by atoms with E-state index in [0.717, 1.165) is 40.2 Å². The molecule has 2 aromatic carbocycles. The second kappa shape index (κ2) is 10.5. The van der Waals surface area contributed by atoms with Gasteiger partial charge in [0.05, 0.1) is 18.8 Å². The molecule has 1 fully saturated rings. The van der Waals surface area contributed by atoms with Gasteiger partial charge in [0.15, 0.2) is 17.3 Å². The fourth-order valence-corrected chi connectivity index (χ4v) is 4.13. The van der Waals surface area contributed by atoms with Crippen molar-refractivity contribution in [3.63, 3.8) is 0 Å². The normalized spacial score (nSPS) is 24.8. The Kier molecular flexibility index (Phi) is 7.94. The lowest BCUT2D eigenvalue weighted by Crippen LogP contribution is -2.46. The molecule has 0 bridgehead atoms. The number of hydrogen-bond donors (Lipinski definition) is 2. The second-order valence-electron chi connectivity index (χ2n) is 7.77. The van der Waals surface area contributed by atoms with Crippen molar-refractivity contribution in [2.75, 3.05) is 26.9 Å². The molecule has 3 unspecified atom stereocenters. The van der Waals surface area contributed by atoms with Gasteiger partial charge in [0.25, 0.3) is 0 Å². The molecular formula is C25H34O6. The van der Waals surface area contributed by atoms with Gasteiger partial charge in [-0.2, -0.15) is 0 Å². The number of methoxy groups -OCH3 is 1. The lowest BCUT2D eigenvalue weighted by Gasteiger charge is -2.42. The van der Waals surface area contributed by atoms with E-state index in [0.29, 0.717) is 26.1 Å². The summed E-state index contributed by atoms with van der Waals surface area (Å²) in [5, 5.41) is 19.9. The minimum Gasteiger partial charge on any atom is -0.486 e. The first-order chi connectivity index (χ1) is 15.0. The number of aryl methyl sites for hydroxylation is 1. The molecule has 0 aromatic heterocycles. The van der Waals surface area contributed by atoms with Gasteiger partial charge in [0, 0.05) is 25.5 Å². The lowest BCUT2D eigenvalue weighted by atomic mass is 9.89. The molecule has 31 heavy (non-hydrogen) atoms. The Bertz CT molecular complexity index is 867. The first-order valence-electron chi connectivity index (χ1n) is 11.0. The van der Waals surface area contributed by atoms with Crippen molar-refractivity contribution >= 4 is 0 Å². The zero-order valence-corrected chi connectivity index (χ0v) is 18.9. The molecule has 2 aliphatic heterocycles. The summed E-state index contributed by atoms with van der Waals surface area (Å²) < 4.78 is 23.1. The van der Waals surface area contributed by atoms with Crippen LogP contribution in [-0.2, 0) is 21.7 Å². The number of ether oxygens (including phenoxy) is 4. The van der Waals surface area contributed by atoms with Crippen molar-refractivity contribution in [3.05, 3.63) is 58.7 Å². The number of hydrogen-bond acceptors (Lipinski definition) is 6. The van der Waals surface area contributed by atoms with Gasteiger partial charge in [-0.05, 0) is 48.2 Å². The molecule has 0 aliphatic carbocycles. The summed E-state index contributed by atoms with van der Waals surface area (Å²) in [6, 6.07) is 12.1. The molecule has 2 aromatic rings. The Hall–Kier alpha value is -2.12. The fraction of sp³-hybridized carbons (Fsp3) is 0.520. The molecule has 0 saturated carbocycles. The van der Waals surface area contributed by atoms with Crippen molar-refractivity contribution < 1.29 is 29.2 Å². The maximum atomic E-state index is 10.3. The third-order valence-corrected chi connectivity index (χ3v) is 5.72. The average Bonchev–Trinajstić information content (AvgIpc) is 2.81. The van der Waals surface area contributed by atoms with Crippen LogP contribution in [-0.4, -0.2) is 49.4 Å². The number of fused-ring (bicyclic) bond motifs is 1. The van der Waals surface area contributed by atoms with Crippen molar-refractivity contribution in [1.82, 2.24) is 0 Å². The molecule has 2 aliphatic rings. The van der Waals surface area contributed by atoms with E-state index >= 15 is 0 Å². The van der Waals surface area contributed by atoms with Gasteiger partial charge in [-0.15, -0.1) is 0 Å². The minimum absolute atomic E-state index is 0.155. The van der Waals surface area contributed by atoms with E-state index in [1.807, 2.05) is 44.2 Å². The summed E-state index contributed by atoms with van der Waals surface area (Å²) in [4.78, 5) is 0. The Morgan fingerprint density at radius 2 is 1.81 bits per heavy atom. The average molecular weight is 431 g/mol. The summed E-state index contributed by atoms with van der Waals surface area (Å²) in [6.45, 7) is 7.06. The highest BCUT2D eigenvalue weighted by atomic mass is 16.7. The highest BCUT2D eigenvalue weighted by molar-refractivity contribution is 5.46. The summed E-state index contributed by atoms with van der Waals surface area (Å²) in [5.41, 5.74) is 4.26. The predicted molar refractivity (Wildman–Crippen MR) is 119 cm³/mol. The van der Waals surface area contributed by atoms with Crippen molar-refractivity contribution in [1.29, 1.82) is 0 Å². The third kappa shape index (κ3) is 5.21. The van der Waals surface area contributed by atoms with Crippen LogP contribution in [0.3, 0.4) is 0 Å². The second-order valence-corrected chi connectivity index (χ2v) is 7.77. The molecule has 170 valence electrons. The Morgan fingerprint density at radius 3 is 2.52 bits per heavy atom. The lowest BCUT2D eigenvalue weighted by molar-refractivity contribution is -0.298. The summed E-state index contributed by atoms with van der Waals surface area (Å²) in [5.74, 6) is 0.490. The van der Waals surface area contributed by atoms with Crippen LogP contribution in [0, 0.1) is 6.92 Å². The number of aliphatic hydroxyl groups excluding tert-OH is 2. The highest BCUT2D eigenvalue weighted by Gasteiger charge is 2.43. The van der Waals surface area contributed by atoms with Crippen molar-refractivity contribution in [3.8, 4) is 11.5 Å². The fourth-order valence-electron chi connectivity index (χ4n) is 4.13. The van der Waals surface area contributed by atoms with E-state index in [9.17, 15) is 10.2 Å². The zero-order valence-electron chi connectivity index (χ0n) is 18.9. The Morgan fingerprint density at radius 1 is 1.06 bits per heavy atom. The van der Waals surface area contributed by atoms with Gasteiger partial charge >= 0.3 is 0 Å². The van der Waals surface area contributed by atoms with Crippen molar-refractivity contribution in [2.45, 2.75) is 58.0 Å². The van der Waals surface area contributed by atoms with Gasteiger partial charge in [-0.25, -0.2) is 0 Å². The molecular weight excluding hydrogens is 396 g/mol. The zero-order chi connectivity index (χ0) is 22.4. The predicted octanol–water partition coefficient (Wildman–Crippen LogP) is 3.71. The number of rotatable bonds is 5. The molecule has 6 heteroatoms. The monoisotopic (exact) mass is 430 g/mol. The van der Waals surface area contributed by atoms with Gasteiger partial charge in [0.2, 0.25) is 0 Å². The van der Waals surface area contributed by atoms with Gasteiger partial charge in [0.1, 0.15) is 13.2 Å². The number of aliphatic hydroxyl groups is 2. The third-order valence-electron chi connectivity index (χ3n) is 5.72. The highest BCUT2D eigenvalue weighted by Crippen LogP contribution is 2.39. The topological polar surface area (TPSA) is 77.4 Å². The molecule has 0 amide bonds. The van der Waals surface area contributed by atoms with E-state index < -0.39 is 18.0 Å². The van der Waals surface area contributed by atoms with Crippen LogP contribution in [0.2, 0.25) is 0 Å². The van der Waals surface area contributed by atoms with Crippen LogP contribution in [0.5, 0.6) is 11.5 Å². The van der Waals surface area contributed by atoms with Gasteiger partial charge in [-0.3, -0.25) is 0 Å². The van der Waals surface area contributed by atoms with Gasteiger partial charge < -0.3 is 29.2 Å². The van der Waals surface area contributed by atoms with Crippen LogP contribution in [0.15, 0.2) is 36.4 Å². The molecule has 2 heterocycles. The van der Waals surface area contributed by atoms with Crippen LogP contribution in [0.4, 0.5) is 0 Å². The molecule has 0 spiro atoms. The van der Waals surface area contributed by atoms with E-state index in [2.05, 4.69) is 13.0 Å². The van der Waals surface area contributed by atoms with E-state index in [4.69, 9.17) is 18.9 Å². The summed E-state index contributed by atoms with van der Waals surface area (Å²) in [6.07, 6.45) is 0.399. The van der Waals surface area contributed by atoms with Crippen LogP contribution >= 0.6 is 0 Å². The smallest absolute Gasteiger partial charge is 0.197 e. The molecule has 4 rings (SSSR count). The van der Waals surface area contributed by atoms with E-state index in [1.165, 1.54) is 0 Å². The standard InChI is InChI=1S/C23H28O6.C2H6/c1-15-3-5-18(23(26-2)13-19(25)12-20(14-24)29-23)11-17(15)9-16-4-6-21-22(10-16)28-8-7-27-21;1-2/h3-6,10-11,19-20,24-25H,7-9,12-14H2,1-2H3;1-2H3.